The molecular weight excluding hydrogens is 458 g/mol. The van der Waals surface area contributed by atoms with E-state index in [1.165, 1.54) is 11.3 Å². The normalized spacial score (nSPS) is 22.6. The van der Waals surface area contributed by atoms with Gasteiger partial charge < -0.3 is 24.1 Å². The smallest absolute Gasteiger partial charge is 0.320 e. The number of ketones is 1. The zero-order chi connectivity index (χ0) is 24.5. The molecule has 0 spiro atoms. The number of carbonyl (C=O) groups excluding carboxylic acids is 3. The summed E-state index contributed by atoms with van der Waals surface area (Å²) in [5.74, 6) is -0.133. The van der Waals surface area contributed by atoms with E-state index in [1.807, 2.05) is 31.1 Å². The lowest BCUT2D eigenvalue weighted by Crippen LogP contribution is -2.44. The number of anilines is 3. The molecule has 0 amide bonds. The quantitative estimate of drug-likeness (QED) is 0.352. The number of Topliss-reactive ketones (excluding diaryl/α,β-unsaturated/α-hetero) is 1. The Morgan fingerprint density at radius 2 is 2.09 bits per heavy atom. The molecule has 10 nitrogen and oxygen atoms in total. The van der Waals surface area contributed by atoms with Crippen molar-refractivity contribution in [1.29, 1.82) is 0 Å². The molecule has 3 atom stereocenters. The highest BCUT2D eigenvalue weighted by Crippen LogP contribution is 2.36. The van der Waals surface area contributed by atoms with E-state index in [4.69, 9.17) is 14.5 Å². The number of nitrogens with one attached hydrogen (secondary N) is 1. The third-order valence-electron chi connectivity index (χ3n) is 5.73. The van der Waals surface area contributed by atoms with Crippen LogP contribution in [0.1, 0.15) is 31.1 Å². The SMILES string of the molecule is CO[C@H]1CN(c2ccc3c(n2)N(c2nccs2)CC(C=O)C3=O)C[C@@H]1NCC(=O)OC(C)(C)C. The molecule has 1 unspecified atom stereocenters. The highest BCUT2D eigenvalue weighted by atomic mass is 32.1. The summed E-state index contributed by atoms with van der Waals surface area (Å²) in [4.78, 5) is 49.5. The van der Waals surface area contributed by atoms with Crippen molar-refractivity contribution in [1.82, 2.24) is 15.3 Å². The van der Waals surface area contributed by atoms with E-state index in [-0.39, 0.29) is 37.0 Å². The van der Waals surface area contributed by atoms with E-state index in [0.717, 1.165) is 0 Å². The van der Waals surface area contributed by atoms with Crippen LogP contribution in [0.4, 0.5) is 16.8 Å². The number of hydrogen-bond acceptors (Lipinski definition) is 11. The number of ether oxygens (including phenoxy) is 2. The summed E-state index contributed by atoms with van der Waals surface area (Å²) in [7, 11) is 1.64. The molecule has 2 aromatic heterocycles. The predicted molar refractivity (Wildman–Crippen MR) is 128 cm³/mol. The first kappa shape index (κ1) is 24.2. The molecule has 2 aliphatic heterocycles. The Hall–Kier alpha value is -2.89. The summed E-state index contributed by atoms with van der Waals surface area (Å²) in [5.41, 5.74) is -0.137. The zero-order valence-corrected chi connectivity index (χ0v) is 20.5. The molecule has 0 bridgehead atoms. The topological polar surface area (TPSA) is 114 Å². The number of methoxy groups -OCH3 is 1. The fraction of sp³-hybridized carbons (Fsp3) is 0.522. The number of hydrogen-bond donors (Lipinski definition) is 1. The second kappa shape index (κ2) is 9.77. The molecule has 34 heavy (non-hydrogen) atoms. The van der Waals surface area contributed by atoms with E-state index in [1.54, 1.807) is 25.4 Å². The molecule has 1 N–H and O–H groups in total. The Kier molecular flexibility index (Phi) is 6.96. The largest absolute Gasteiger partial charge is 0.459 e. The minimum absolute atomic E-state index is 0.0761. The molecule has 4 rings (SSSR count). The molecule has 0 radical (unpaired) electrons. The van der Waals surface area contributed by atoms with Gasteiger partial charge in [-0.3, -0.25) is 14.9 Å². The summed E-state index contributed by atoms with van der Waals surface area (Å²) in [6, 6.07) is 3.40. The maximum Gasteiger partial charge on any atom is 0.320 e. The number of aldehydes is 1. The van der Waals surface area contributed by atoms with Gasteiger partial charge in [-0.2, -0.15) is 0 Å². The lowest BCUT2D eigenvalue weighted by molar-refractivity contribution is -0.153. The average molecular weight is 488 g/mol. The molecule has 11 heteroatoms. The van der Waals surface area contributed by atoms with Gasteiger partial charge in [0.05, 0.1) is 30.2 Å². The van der Waals surface area contributed by atoms with E-state index in [9.17, 15) is 14.4 Å². The number of esters is 1. The summed E-state index contributed by atoms with van der Waals surface area (Å²) in [5, 5.41) is 5.76. The van der Waals surface area contributed by atoms with Gasteiger partial charge in [-0.15, -0.1) is 11.3 Å². The van der Waals surface area contributed by atoms with Crippen LogP contribution in [-0.4, -0.2) is 79.0 Å². The van der Waals surface area contributed by atoms with Crippen molar-refractivity contribution in [2.75, 3.05) is 43.1 Å². The van der Waals surface area contributed by atoms with Crippen molar-refractivity contribution in [3.63, 3.8) is 0 Å². The second-order valence-electron chi connectivity index (χ2n) is 9.33. The number of aromatic nitrogens is 2. The maximum absolute atomic E-state index is 12.8. The van der Waals surface area contributed by atoms with Crippen LogP contribution in [0.2, 0.25) is 0 Å². The summed E-state index contributed by atoms with van der Waals surface area (Å²) in [6.07, 6.45) is 2.21. The van der Waals surface area contributed by atoms with Crippen LogP contribution in [0.3, 0.4) is 0 Å². The lowest BCUT2D eigenvalue weighted by atomic mass is 9.94. The molecule has 0 aromatic carbocycles. The van der Waals surface area contributed by atoms with Crippen LogP contribution in [-0.2, 0) is 19.1 Å². The Labute approximate surface area is 202 Å². The number of rotatable bonds is 7. The van der Waals surface area contributed by atoms with Gasteiger partial charge in [-0.25, -0.2) is 9.97 Å². The van der Waals surface area contributed by atoms with Crippen molar-refractivity contribution in [2.45, 2.75) is 38.5 Å². The molecule has 182 valence electrons. The van der Waals surface area contributed by atoms with Crippen molar-refractivity contribution in [3.05, 3.63) is 29.3 Å². The predicted octanol–water partition coefficient (Wildman–Crippen LogP) is 1.82. The molecule has 1 saturated heterocycles. The number of pyridine rings is 1. The molecule has 2 aliphatic rings. The van der Waals surface area contributed by atoms with Crippen LogP contribution in [0, 0.1) is 5.92 Å². The van der Waals surface area contributed by atoms with Gasteiger partial charge >= 0.3 is 5.97 Å². The third kappa shape index (κ3) is 5.11. The van der Waals surface area contributed by atoms with Gasteiger partial charge in [0.15, 0.2) is 10.9 Å². The summed E-state index contributed by atoms with van der Waals surface area (Å²) in [6.45, 7) is 6.91. The Balaban J connectivity index is 1.54. The van der Waals surface area contributed by atoms with Gasteiger partial charge in [-0.05, 0) is 32.9 Å². The van der Waals surface area contributed by atoms with E-state index in [2.05, 4.69) is 15.2 Å². The monoisotopic (exact) mass is 487 g/mol. The van der Waals surface area contributed by atoms with E-state index in [0.29, 0.717) is 41.7 Å². The zero-order valence-electron chi connectivity index (χ0n) is 19.7. The highest BCUT2D eigenvalue weighted by Gasteiger charge is 2.37. The molecular formula is C23H29N5O5S. The van der Waals surface area contributed by atoms with E-state index >= 15 is 0 Å². The molecule has 0 aliphatic carbocycles. The first-order valence-electron chi connectivity index (χ1n) is 11.1. The van der Waals surface area contributed by atoms with Crippen LogP contribution in [0.5, 0.6) is 0 Å². The fourth-order valence-corrected chi connectivity index (χ4v) is 4.84. The second-order valence-corrected chi connectivity index (χ2v) is 10.2. The molecule has 1 fully saturated rings. The molecule has 4 heterocycles. The Morgan fingerprint density at radius 1 is 1.29 bits per heavy atom. The van der Waals surface area contributed by atoms with E-state index < -0.39 is 11.5 Å². The number of nitrogens with zero attached hydrogens (tertiary/aromatic N) is 4. The van der Waals surface area contributed by atoms with Crippen LogP contribution in [0.25, 0.3) is 0 Å². The Morgan fingerprint density at radius 3 is 2.74 bits per heavy atom. The fourth-order valence-electron chi connectivity index (χ4n) is 4.19. The minimum atomic E-state index is -0.754. The van der Waals surface area contributed by atoms with Gasteiger partial charge in [0.1, 0.15) is 23.5 Å². The lowest BCUT2D eigenvalue weighted by Gasteiger charge is -2.31. The summed E-state index contributed by atoms with van der Waals surface area (Å²) >= 11 is 1.42. The minimum Gasteiger partial charge on any atom is -0.459 e. The number of carbonyl (C=O) groups is 3. The first-order valence-corrected chi connectivity index (χ1v) is 12.0. The maximum atomic E-state index is 12.8. The van der Waals surface area contributed by atoms with Gasteiger partial charge in [0.2, 0.25) is 0 Å². The van der Waals surface area contributed by atoms with Gasteiger partial charge in [0, 0.05) is 38.3 Å². The van der Waals surface area contributed by atoms with Gasteiger partial charge in [-0.1, -0.05) is 0 Å². The van der Waals surface area contributed by atoms with Gasteiger partial charge in [0.25, 0.3) is 0 Å². The molecule has 2 aromatic rings. The van der Waals surface area contributed by atoms with Crippen LogP contribution >= 0.6 is 11.3 Å². The highest BCUT2D eigenvalue weighted by molar-refractivity contribution is 7.13. The number of fused-ring (bicyclic) bond motifs is 1. The average Bonchev–Trinajstić information content (AvgIpc) is 3.47. The number of thiazole rings is 1. The van der Waals surface area contributed by atoms with Crippen LogP contribution < -0.4 is 15.1 Å². The third-order valence-corrected chi connectivity index (χ3v) is 6.53. The van der Waals surface area contributed by atoms with Crippen molar-refractivity contribution in [3.8, 4) is 0 Å². The van der Waals surface area contributed by atoms with Crippen molar-refractivity contribution < 1.29 is 23.9 Å². The van der Waals surface area contributed by atoms with Crippen molar-refractivity contribution >= 4 is 46.1 Å². The van der Waals surface area contributed by atoms with Crippen LogP contribution in [0.15, 0.2) is 23.7 Å². The first-order chi connectivity index (χ1) is 16.2. The standard InChI is InChI=1S/C23H29N5O5S/c1-23(2,3)33-19(30)9-25-16-11-27(12-17(16)32-4)18-6-5-15-20(31)14(13-29)10-28(21(15)26-18)22-24-7-8-34-22/h5-8,13-14,16-17,25H,9-12H2,1-4H3/t14?,16-,17-/m0/s1. The van der Waals surface area contributed by atoms with Crippen molar-refractivity contribution in [2.24, 2.45) is 5.92 Å². The molecule has 0 saturated carbocycles. The summed E-state index contributed by atoms with van der Waals surface area (Å²) < 4.78 is 11.0. The Bertz CT molecular complexity index is 1050.